The summed E-state index contributed by atoms with van der Waals surface area (Å²) >= 11 is 0. The smallest absolute Gasteiger partial charge is 0.409 e. The van der Waals surface area contributed by atoms with Crippen LogP contribution < -0.4 is 0 Å². The SMILES string of the molecule is CC(C)COC(=O)N1CCC(C(O)C#N)CC1. The Labute approximate surface area is 102 Å². The van der Waals surface area contributed by atoms with Crippen molar-refractivity contribution in [1.29, 1.82) is 5.26 Å². The monoisotopic (exact) mass is 240 g/mol. The second-order valence-corrected chi connectivity index (χ2v) is 4.87. The molecule has 0 saturated carbocycles. The van der Waals surface area contributed by atoms with Crippen molar-refractivity contribution in [1.82, 2.24) is 4.90 Å². The zero-order chi connectivity index (χ0) is 12.8. The van der Waals surface area contributed by atoms with Gasteiger partial charge >= 0.3 is 6.09 Å². The summed E-state index contributed by atoms with van der Waals surface area (Å²) in [6, 6.07) is 1.84. The van der Waals surface area contributed by atoms with Crippen molar-refractivity contribution in [3.05, 3.63) is 0 Å². The summed E-state index contributed by atoms with van der Waals surface area (Å²) in [4.78, 5) is 13.3. The van der Waals surface area contributed by atoms with E-state index in [0.717, 1.165) is 0 Å². The van der Waals surface area contributed by atoms with Crippen molar-refractivity contribution in [2.45, 2.75) is 32.8 Å². The minimum Gasteiger partial charge on any atom is -0.449 e. The topological polar surface area (TPSA) is 73.6 Å². The highest BCUT2D eigenvalue weighted by Crippen LogP contribution is 2.20. The van der Waals surface area contributed by atoms with Gasteiger partial charge in [0.2, 0.25) is 0 Å². The maximum absolute atomic E-state index is 11.6. The Morgan fingerprint density at radius 1 is 1.53 bits per heavy atom. The molecule has 1 N–H and O–H groups in total. The molecule has 1 atom stereocenters. The van der Waals surface area contributed by atoms with Gasteiger partial charge in [0.25, 0.3) is 0 Å². The Bertz CT molecular complexity index is 291. The van der Waals surface area contributed by atoms with Crippen LogP contribution in [-0.2, 0) is 4.74 Å². The molecule has 5 heteroatoms. The zero-order valence-electron chi connectivity index (χ0n) is 10.4. The van der Waals surface area contributed by atoms with Crippen LogP contribution in [0.3, 0.4) is 0 Å². The van der Waals surface area contributed by atoms with Gasteiger partial charge in [-0.2, -0.15) is 5.26 Å². The first-order valence-electron chi connectivity index (χ1n) is 6.04. The number of carbonyl (C=O) groups excluding carboxylic acids is 1. The molecule has 1 aliphatic heterocycles. The molecule has 1 saturated heterocycles. The number of aliphatic hydroxyl groups is 1. The third-order valence-electron chi connectivity index (χ3n) is 2.92. The summed E-state index contributed by atoms with van der Waals surface area (Å²) in [5.41, 5.74) is 0. The van der Waals surface area contributed by atoms with Gasteiger partial charge in [-0.25, -0.2) is 4.79 Å². The lowest BCUT2D eigenvalue weighted by Gasteiger charge is -2.31. The molecule has 1 rings (SSSR count). The van der Waals surface area contributed by atoms with Crippen molar-refractivity contribution in [3.8, 4) is 6.07 Å². The molecule has 0 aromatic carbocycles. The predicted molar refractivity (Wildman–Crippen MR) is 62.1 cm³/mol. The van der Waals surface area contributed by atoms with Gasteiger partial charge in [0.05, 0.1) is 12.7 Å². The molecule has 1 heterocycles. The quantitative estimate of drug-likeness (QED) is 0.756. The molecule has 5 nitrogen and oxygen atoms in total. The molecular formula is C12H20N2O3. The number of aliphatic hydroxyl groups excluding tert-OH is 1. The third kappa shape index (κ3) is 4.23. The van der Waals surface area contributed by atoms with E-state index >= 15 is 0 Å². The Hall–Kier alpha value is -1.28. The normalized spacial score (nSPS) is 18.9. The van der Waals surface area contributed by atoms with Gasteiger partial charge in [0, 0.05) is 19.0 Å². The van der Waals surface area contributed by atoms with E-state index in [-0.39, 0.29) is 12.0 Å². The second kappa shape index (κ2) is 6.45. The highest BCUT2D eigenvalue weighted by atomic mass is 16.6. The number of hydrogen-bond acceptors (Lipinski definition) is 4. The van der Waals surface area contributed by atoms with Crippen molar-refractivity contribution in [2.75, 3.05) is 19.7 Å². The molecule has 17 heavy (non-hydrogen) atoms. The molecule has 0 aromatic rings. The average molecular weight is 240 g/mol. The number of nitrogens with zero attached hydrogens (tertiary/aromatic N) is 2. The van der Waals surface area contributed by atoms with Gasteiger partial charge in [0.15, 0.2) is 0 Å². The Morgan fingerprint density at radius 2 is 2.12 bits per heavy atom. The molecule has 0 radical (unpaired) electrons. The molecule has 1 amide bonds. The van der Waals surface area contributed by atoms with E-state index in [0.29, 0.717) is 38.5 Å². The lowest BCUT2D eigenvalue weighted by atomic mass is 9.92. The molecule has 0 bridgehead atoms. The van der Waals surface area contributed by atoms with E-state index in [1.54, 1.807) is 4.90 Å². The van der Waals surface area contributed by atoms with Crippen LogP contribution in [-0.4, -0.2) is 41.9 Å². The molecule has 1 aliphatic rings. The summed E-state index contributed by atoms with van der Waals surface area (Å²) < 4.78 is 5.12. The van der Waals surface area contributed by atoms with Gasteiger partial charge < -0.3 is 14.7 Å². The number of likely N-dealkylation sites (tertiary alicyclic amines) is 1. The standard InChI is InChI=1S/C12H20N2O3/c1-9(2)8-17-12(16)14-5-3-10(4-6-14)11(15)7-13/h9-11,15H,3-6,8H2,1-2H3. The third-order valence-corrected chi connectivity index (χ3v) is 2.92. The van der Waals surface area contributed by atoms with Crippen LogP contribution in [0.2, 0.25) is 0 Å². The lowest BCUT2D eigenvalue weighted by molar-refractivity contribution is 0.0610. The molecule has 1 fully saturated rings. The van der Waals surface area contributed by atoms with Gasteiger partial charge in [0.1, 0.15) is 6.10 Å². The molecule has 1 unspecified atom stereocenters. The average Bonchev–Trinajstić information content (AvgIpc) is 2.35. The Balaban J connectivity index is 2.32. The predicted octanol–water partition coefficient (Wildman–Crippen LogP) is 1.38. The maximum Gasteiger partial charge on any atom is 0.409 e. The minimum atomic E-state index is -0.913. The minimum absolute atomic E-state index is 0.0193. The van der Waals surface area contributed by atoms with Gasteiger partial charge in [-0.3, -0.25) is 0 Å². The first-order chi connectivity index (χ1) is 8.04. The number of nitriles is 1. The Morgan fingerprint density at radius 3 is 2.59 bits per heavy atom. The second-order valence-electron chi connectivity index (χ2n) is 4.87. The van der Waals surface area contributed by atoms with Crippen LogP contribution in [0.4, 0.5) is 4.79 Å². The summed E-state index contributed by atoms with van der Waals surface area (Å²) in [6.45, 7) is 5.52. The van der Waals surface area contributed by atoms with Crippen LogP contribution in [0, 0.1) is 23.2 Å². The van der Waals surface area contributed by atoms with Crippen molar-refractivity contribution in [2.24, 2.45) is 11.8 Å². The van der Waals surface area contributed by atoms with E-state index in [1.165, 1.54) is 0 Å². The maximum atomic E-state index is 11.6. The number of carbonyl (C=O) groups is 1. The fourth-order valence-corrected chi connectivity index (χ4v) is 1.83. The highest BCUT2D eigenvalue weighted by molar-refractivity contribution is 5.67. The summed E-state index contributed by atoms with van der Waals surface area (Å²) in [5, 5.41) is 18.0. The summed E-state index contributed by atoms with van der Waals surface area (Å²) in [5.74, 6) is 0.311. The molecular weight excluding hydrogens is 220 g/mol. The number of hydrogen-bond donors (Lipinski definition) is 1. The number of piperidine rings is 1. The fourth-order valence-electron chi connectivity index (χ4n) is 1.83. The van der Waals surface area contributed by atoms with Crippen molar-refractivity contribution >= 4 is 6.09 Å². The molecule has 0 aromatic heterocycles. The van der Waals surface area contributed by atoms with Gasteiger partial charge in [-0.05, 0) is 18.8 Å². The molecule has 0 spiro atoms. The molecule has 0 aliphatic carbocycles. The summed E-state index contributed by atoms with van der Waals surface area (Å²) in [6.07, 6.45) is 0.115. The highest BCUT2D eigenvalue weighted by Gasteiger charge is 2.27. The Kier molecular flexibility index (Phi) is 5.23. The van der Waals surface area contributed by atoms with Crippen molar-refractivity contribution < 1.29 is 14.6 Å². The summed E-state index contributed by atoms with van der Waals surface area (Å²) in [7, 11) is 0. The van der Waals surface area contributed by atoms with Gasteiger partial charge in [-0.1, -0.05) is 13.8 Å². The first kappa shape index (κ1) is 13.8. The number of rotatable bonds is 3. The van der Waals surface area contributed by atoms with E-state index in [4.69, 9.17) is 10.00 Å². The largest absolute Gasteiger partial charge is 0.449 e. The number of ether oxygens (including phenoxy) is 1. The van der Waals surface area contributed by atoms with Crippen LogP contribution in [0.25, 0.3) is 0 Å². The van der Waals surface area contributed by atoms with Crippen LogP contribution in [0.1, 0.15) is 26.7 Å². The number of amides is 1. The van der Waals surface area contributed by atoms with Crippen molar-refractivity contribution in [3.63, 3.8) is 0 Å². The fraction of sp³-hybridized carbons (Fsp3) is 0.833. The van der Waals surface area contributed by atoms with Crippen LogP contribution >= 0.6 is 0 Å². The van der Waals surface area contributed by atoms with Crippen LogP contribution in [0.5, 0.6) is 0 Å². The first-order valence-corrected chi connectivity index (χ1v) is 6.04. The van der Waals surface area contributed by atoms with Crippen LogP contribution in [0.15, 0.2) is 0 Å². The van der Waals surface area contributed by atoms with E-state index in [2.05, 4.69) is 0 Å². The van der Waals surface area contributed by atoms with E-state index in [9.17, 15) is 9.90 Å². The van der Waals surface area contributed by atoms with E-state index in [1.807, 2.05) is 19.9 Å². The van der Waals surface area contributed by atoms with Gasteiger partial charge in [-0.15, -0.1) is 0 Å². The van der Waals surface area contributed by atoms with E-state index < -0.39 is 6.10 Å². The molecule has 96 valence electrons. The zero-order valence-corrected chi connectivity index (χ0v) is 10.4. The lowest BCUT2D eigenvalue weighted by Crippen LogP contribution is -2.41.